The van der Waals surface area contributed by atoms with Gasteiger partial charge in [-0.3, -0.25) is 0 Å². The van der Waals surface area contributed by atoms with Gasteiger partial charge in [-0.05, 0) is 6.42 Å². The Hall–Kier alpha value is -1.14. The number of hydrogen-bond acceptors (Lipinski definition) is 4. The second-order valence-corrected chi connectivity index (χ2v) is 2.06. The molecule has 0 bridgehead atoms. The van der Waals surface area contributed by atoms with Crippen molar-refractivity contribution in [3.63, 3.8) is 0 Å². The first kappa shape index (κ1) is 13.4. The van der Waals surface area contributed by atoms with E-state index in [9.17, 15) is 0 Å². The molecule has 6 heteroatoms. The van der Waals surface area contributed by atoms with E-state index in [-0.39, 0.29) is 6.17 Å². The lowest BCUT2D eigenvalue weighted by Gasteiger charge is -1.97. The Morgan fingerprint density at radius 2 is 1.58 bits per heavy atom. The highest BCUT2D eigenvalue weighted by Crippen LogP contribution is 1.82. The predicted molar refractivity (Wildman–Crippen MR) is 42.3 cm³/mol. The molecule has 0 fully saturated rings. The number of rotatable bonds is 2. The standard InChI is InChI=1S/C4H12N2.C2H2O4/c1-2-3-4(5)6;3-1(4)2(5)6/h4H,2-3,5-6H2,1H3;(H,3,4)(H,5,6). The highest BCUT2D eigenvalue weighted by Gasteiger charge is 2.04. The molecule has 72 valence electrons. The fourth-order valence-corrected chi connectivity index (χ4v) is 0.333. The molecular formula is C6H14N2O4. The highest BCUT2D eigenvalue weighted by molar-refractivity contribution is 6.27. The molecule has 0 saturated carbocycles. The smallest absolute Gasteiger partial charge is 0.414 e. The van der Waals surface area contributed by atoms with E-state index in [1.807, 2.05) is 0 Å². The Kier molecular flexibility index (Phi) is 8.92. The first-order valence-electron chi connectivity index (χ1n) is 3.39. The second-order valence-electron chi connectivity index (χ2n) is 2.06. The van der Waals surface area contributed by atoms with Gasteiger partial charge in [0.25, 0.3) is 0 Å². The maximum atomic E-state index is 9.10. The van der Waals surface area contributed by atoms with E-state index in [0.29, 0.717) is 0 Å². The Balaban J connectivity index is 0. The number of carbonyl (C=O) groups is 2. The zero-order valence-corrected chi connectivity index (χ0v) is 6.86. The van der Waals surface area contributed by atoms with Crippen molar-refractivity contribution in [2.24, 2.45) is 11.5 Å². The van der Waals surface area contributed by atoms with Gasteiger partial charge in [0.1, 0.15) is 0 Å². The van der Waals surface area contributed by atoms with Crippen LogP contribution in [0.1, 0.15) is 19.8 Å². The second kappa shape index (κ2) is 7.96. The van der Waals surface area contributed by atoms with Crippen molar-refractivity contribution in [2.45, 2.75) is 25.9 Å². The molecule has 0 aliphatic rings. The minimum Gasteiger partial charge on any atom is -0.473 e. The van der Waals surface area contributed by atoms with Gasteiger partial charge in [0, 0.05) is 0 Å². The van der Waals surface area contributed by atoms with Crippen molar-refractivity contribution >= 4 is 11.9 Å². The Morgan fingerprint density at radius 1 is 1.25 bits per heavy atom. The van der Waals surface area contributed by atoms with Crippen LogP contribution < -0.4 is 11.5 Å². The van der Waals surface area contributed by atoms with E-state index in [2.05, 4.69) is 6.92 Å². The maximum absolute atomic E-state index is 9.10. The lowest BCUT2D eigenvalue weighted by molar-refractivity contribution is -0.159. The number of carboxylic acid groups (broad SMARTS) is 2. The van der Waals surface area contributed by atoms with Gasteiger partial charge in [-0.1, -0.05) is 13.3 Å². The van der Waals surface area contributed by atoms with Crippen molar-refractivity contribution in [3.05, 3.63) is 0 Å². The summed E-state index contributed by atoms with van der Waals surface area (Å²) in [6, 6.07) is 0. The van der Waals surface area contributed by atoms with Crippen LogP contribution in [0.15, 0.2) is 0 Å². The summed E-state index contributed by atoms with van der Waals surface area (Å²) in [6.07, 6.45) is 1.91. The molecule has 0 amide bonds. The maximum Gasteiger partial charge on any atom is 0.414 e. The predicted octanol–water partition coefficient (Wildman–Crippen LogP) is -0.814. The van der Waals surface area contributed by atoms with Crippen molar-refractivity contribution in [1.29, 1.82) is 0 Å². The molecule has 0 rings (SSSR count). The van der Waals surface area contributed by atoms with Gasteiger partial charge in [0.15, 0.2) is 0 Å². The third-order valence-corrected chi connectivity index (χ3v) is 0.805. The Labute approximate surface area is 70.2 Å². The normalized spacial score (nSPS) is 8.67. The molecule has 0 aromatic heterocycles. The van der Waals surface area contributed by atoms with Crippen molar-refractivity contribution in [3.8, 4) is 0 Å². The SMILES string of the molecule is CCCC(N)N.O=C(O)C(=O)O. The van der Waals surface area contributed by atoms with Crippen LogP contribution in [0.3, 0.4) is 0 Å². The van der Waals surface area contributed by atoms with Crippen LogP contribution in [0.2, 0.25) is 0 Å². The van der Waals surface area contributed by atoms with Gasteiger partial charge in [0.05, 0.1) is 6.17 Å². The molecule has 0 unspecified atom stereocenters. The Bertz CT molecular complexity index is 134. The van der Waals surface area contributed by atoms with Crippen LogP contribution >= 0.6 is 0 Å². The quantitative estimate of drug-likeness (QED) is 0.323. The third kappa shape index (κ3) is 15.9. The van der Waals surface area contributed by atoms with Gasteiger partial charge < -0.3 is 21.7 Å². The topological polar surface area (TPSA) is 127 Å². The molecule has 6 nitrogen and oxygen atoms in total. The minimum atomic E-state index is -1.82. The lowest BCUT2D eigenvalue weighted by Crippen LogP contribution is -2.29. The molecular weight excluding hydrogens is 164 g/mol. The summed E-state index contributed by atoms with van der Waals surface area (Å²) in [6.45, 7) is 2.06. The van der Waals surface area contributed by atoms with Gasteiger partial charge in [0.2, 0.25) is 0 Å². The summed E-state index contributed by atoms with van der Waals surface area (Å²) < 4.78 is 0. The summed E-state index contributed by atoms with van der Waals surface area (Å²) >= 11 is 0. The Morgan fingerprint density at radius 3 is 1.58 bits per heavy atom. The number of carboxylic acids is 2. The fourth-order valence-electron chi connectivity index (χ4n) is 0.333. The summed E-state index contributed by atoms with van der Waals surface area (Å²) in [5, 5.41) is 14.8. The summed E-state index contributed by atoms with van der Waals surface area (Å²) in [4.78, 5) is 18.2. The summed E-state index contributed by atoms with van der Waals surface area (Å²) in [7, 11) is 0. The molecule has 0 aromatic rings. The molecule has 6 N–H and O–H groups in total. The molecule has 0 heterocycles. The average Bonchev–Trinajstić information content (AvgIpc) is 1.87. The van der Waals surface area contributed by atoms with Crippen molar-refractivity contribution < 1.29 is 19.8 Å². The van der Waals surface area contributed by atoms with Crippen LogP contribution in [0.4, 0.5) is 0 Å². The molecule has 0 saturated heterocycles. The molecule has 0 aliphatic carbocycles. The van der Waals surface area contributed by atoms with Crippen LogP contribution in [-0.2, 0) is 9.59 Å². The number of nitrogens with two attached hydrogens (primary N) is 2. The molecule has 0 atom stereocenters. The van der Waals surface area contributed by atoms with Crippen molar-refractivity contribution in [2.75, 3.05) is 0 Å². The van der Waals surface area contributed by atoms with E-state index in [1.165, 1.54) is 0 Å². The first-order chi connectivity index (χ1) is 5.41. The van der Waals surface area contributed by atoms with E-state index in [4.69, 9.17) is 31.3 Å². The number of hydrogen-bond donors (Lipinski definition) is 4. The van der Waals surface area contributed by atoms with Crippen LogP contribution in [0.25, 0.3) is 0 Å². The molecule has 0 aromatic carbocycles. The van der Waals surface area contributed by atoms with E-state index in [1.54, 1.807) is 0 Å². The fraction of sp³-hybridized carbons (Fsp3) is 0.667. The van der Waals surface area contributed by atoms with Crippen LogP contribution in [0, 0.1) is 0 Å². The van der Waals surface area contributed by atoms with Gasteiger partial charge in [-0.25, -0.2) is 9.59 Å². The average molecular weight is 178 g/mol. The van der Waals surface area contributed by atoms with E-state index >= 15 is 0 Å². The molecule has 0 spiro atoms. The summed E-state index contributed by atoms with van der Waals surface area (Å²) in [5.41, 5.74) is 10.4. The molecule has 0 radical (unpaired) electrons. The van der Waals surface area contributed by atoms with E-state index < -0.39 is 11.9 Å². The lowest BCUT2D eigenvalue weighted by atomic mass is 10.3. The number of aliphatic carboxylic acids is 2. The molecule has 12 heavy (non-hydrogen) atoms. The third-order valence-electron chi connectivity index (χ3n) is 0.805. The van der Waals surface area contributed by atoms with Crippen LogP contribution in [-0.4, -0.2) is 28.3 Å². The van der Waals surface area contributed by atoms with Gasteiger partial charge in [-0.2, -0.15) is 0 Å². The minimum absolute atomic E-state index is 0.102. The van der Waals surface area contributed by atoms with E-state index in [0.717, 1.165) is 12.8 Å². The van der Waals surface area contributed by atoms with Gasteiger partial charge in [-0.15, -0.1) is 0 Å². The zero-order chi connectivity index (χ0) is 10.1. The largest absolute Gasteiger partial charge is 0.473 e. The zero-order valence-electron chi connectivity index (χ0n) is 6.86. The first-order valence-corrected chi connectivity index (χ1v) is 3.39. The monoisotopic (exact) mass is 178 g/mol. The highest BCUT2D eigenvalue weighted by atomic mass is 16.4. The summed E-state index contributed by atoms with van der Waals surface area (Å²) in [5.74, 6) is -3.65. The van der Waals surface area contributed by atoms with Crippen molar-refractivity contribution in [1.82, 2.24) is 0 Å². The van der Waals surface area contributed by atoms with Crippen LogP contribution in [0.5, 0.6) is 0 Å². The molecule has 0 aliphatic heterocycles. The van der Waals surface area contributed by atoms with Gasteiger partial charge >= 0.3 is 11.9 Å².